The van der Waals surface area contributed by atoms with Gasteiger partial charge in [-0.1, -0.05) is 13.0 Å². The predicted octanol–water partition coefficient (Wildman–Crippen LogP) is 6.23. The summed E-state index contributed by atoms with van der Waals surface area (Å²) >= 11 is 6.01. The molecule has 0 unspecified atom stereocenters. The van der Waals surface area contributed by atoms with E-state index < -0.39 is 0 Å². The summed E-state index contributed by atoms with van der Waals surface area (Å²) in [5, 5.41) is 0.818. The number of methoxy groups -OCH3 is 1. The van der Waals surface area contributed by atoms with Crippen LogP contribution < -0.4 is 4.74 Å². The Kier molecular flexibility index (Phi) is 5.34. The molecule has 0 saturated carbocycles. The Bertz CT molecular complexity index is 1690. The number of benzene rings is 2. The SMILES string of the molecule is [C-]#[N+]c1ccc(-n2c(=S)n(-c3ccc4nc(CC)nc(OC)c4c3)c3c(C)ccnc32)cc1C. The standard InChI is InChI=1S/C26H22N6OS/c1-6-22-29-21-10-8-18(14-19(21)25(30-22)33-5)31-23-15(2)11-12-28-24(23)32(26(31)34)17-7-9-20(27-4)16(3)13-17/h7-14H,6H2,1-3,5H3. The smallest absolute Gasteiger partial charge is 0.224 e. The van der Waals surface area contributed by atoms with Gasteiger partial charge in [0.15, 0.2) is 16.1 Å². The first kappa shape index (κ1) is 21.7. The van der Waals surface area contributed by atoms with E-state index in [9.17, 15) is 0 Å². The summed E-state index contributed by atoms with van der Waals surface area (Å²) in [6.07, 6.45) is 2.51. The van der Waals surface area contributed by atoms with Crippen molar-refractivity contribution >= 4 is 40.0 Å². The van der Waals surface area contributed by atoms with E-state index in [1.54, 1.807) is 13.3 Å². The summed E-state index contributed by atoms with van der Waals surface area (Å²) in [6, 6.07) is 13.7. The maximum absolute atomic E-state index is 7.36. The molecule has 5 rings (SSSR count). The molecule has 3 aromatic heterocycles. The van der Waals surface area contributed by atoms with E-state index in [1.165, 1.54) is 0 Å². The second-order valence-electron chi connectivity index (χ2n) is 8.04. The van der Waals surface area contributed by atoms with Gasteiger partial charge in [0.25, 0.3) is 0 Å². The number of hydrogen-bond acceptors (Lipinski definition) is 5. The van der Waals surface area contributed by atoms with Crippen LogP contribution in [0.25, 0.3) is 38.3 Å². The quantitative estimate of drug-likeness (QED) is 0.232. The predicted molar refractivity (Wildman–Crippen MR) is 136 cm³/mol. The van der Waals surface area contributed by atoms with E-state index in [4.69, 9.17) is 23.5 Å². The van der Waals surface area contributed by atoms with Crippen LogP contribution in [0, 0.1) is 25.2 Å². The zero-order valence-corrected chi connectivity index (χ0v) is 20.1. The van der Waals surface area contributed by atoms with Crippen molar-refractivity contribution < 1.29 is 4.74 Å². The monoisotopic (exact) mass is 466 g/mol. The molecule has 8 heteroatoms. The lowest BCUT2D eigenvalue weighted by atomic mass is 10.2. The summed E-state index contributed by atoms with van der Waals surface area (Å²) in [7, 11) is 1.62. The van der Waals surface area contributed by atoms with Crippen molar-refractivity contribution in [3.05, 3.63) is 81.8 Å². The molecule has 0 aliphatic heterocycles. The van der Waals surface area contributed by atoms with E-state index in [0.29, 0.717) is 16.3 Å². The van der Waals surface area contributed by atoms with Crippen molar-refractivity contribution in [1.82, 2.24) is 24.1 Å². The van der Waals surface area contributed by atoms with Gasteiger partial charge in [-0.3, -0.25) is 9.13 Å². The Morgan fingerprint density at radius 1 is 1.00 bits per heavy atom. The topological polar surface area (TPSA) is 62.1 Å². The number of fused-ring (bicyclic) bond motifs is 2. The maximum Gasteiger partial charge on any atom is 0.224 e. The minimum absolute atomic E-state index is 0.541. The average molecular weight is 467 g/mol. The molecule has 5 aromatic rings. The Labute approximate surface area is 202 Å². The highest BCUT2D eigenvalue weighted by molar-refractivity contribution is 7.71. The first-order chi connectivity index (χ1) is 16.5. The van der Waals surface area contributed by atoms with Crippen LogP contribution in [0.2, 0.25) is 0 Å². The lowest BCUT2D eigenvalue weighted by Crippen LogP contribution is -2.01. The first-order valence-electron chi connectivity index (χ1n) is 10.9. The van der Waals surface area contributed by atoms with Crippen molar-refractivity contribution in [1.29, 1.82) is 0 Å². The number of aryl methyl sites for hydroxylation is 3. The zero-order chi connectivity index (χ0) is 24.0. The van der Waals surface area contributed by atoms with Crippen LogP contribution >= 0.6 is 12.2 Å². The van der Waals surface area contributed by atoms with E-state index in [-0.39, 0.29) is 0 Å². The highest BCUT2D eigenvalue weighted by Gasteiger charge is 2.18. The van der Waals surface area contributed by atoms with E-state index in [1.807, 2.05) is 72.4 Å². The Hall–Kier alpha value is -4.09. The molecule has 0 radical (unpaired) electrons. The van der Waals surface area contributed by atoms with Gasteiger partial charge in [-0.05, 0) is 73.6 Å². The van der Waals surface area contributed by atoms with Crippen LogP contribution in [0.4, 0.5) is 5.69 Å². The van der Waals surface area contributed by atoms with E-state index >= 15 is 0 Å². The normalized spacial score (nSPS) is 11.1. The molecule has 0 fully saturated rings. The summed E-state index contributed by atoms with van der Waals surface area (Å²) in [5.74, 6) is 1.28. The Balaban J connectivity index is 1.83. The van der Waals surface area contributed by atoms with Gasteiger partial charge < -0.3 is 4.74 Å². The van der Waals surface area contributed by atoms with Crippen LogP contribution in [-0.4, -0.2) is 31.2 Å². The van der Waals surface area contributed by atoms with Gasteiger partial charge in [-0.15, -0.1) is 0 Å². The second kappa shape index (κ2) is 8.36. The molecule has 0 aliphatic rings. The van der Waals surface area contributed by atoms with Gasteiger partial charge in [-0.25, -0.2) is 14.8 Å². The first-order valence-corrected chi connectivity index (χ1v) is 11.3. The van der Waals surface area contributed by atoms with Crippen LogP contribution in [0.5, 0.6) is 5.88 Å². The molecule has 2 aromatic carbocycles. The third-order valence-electron chi connectivity index (χ3n) is 5.94. The summed E-state index contributed by atoms with van der Waals surface area (Å²) in [5.41, 5.74) is 6.80. The fourth-order valence-electron chi connectivity index (χ4n) is 4.23. The molecule has 0 spiro atoms. The third-order valence-corrected chi connectivity index (χ3v) is 6.31. The van der Waals surface area contributed by atoms with Crippen LogP contribution in [0.3, 0.4) is 0 Å². The molecule has 0 N–H and O–H groups in total. The Morgan fingerprint density at radius 2 is 1.76 bits per heavy atom. The molecule has 34 heavy (non-hydrogen) atoms. The van der Waals surface area contributed by atoms with Crippen LogP contribution in [-0.2, 0) is 6.42 Å². The zero-order valence-electron chi connectivity index (χ0n) is 19.3. The lowest BCUT2D eigenvalue weighted by molar-refractivity contribution is 0.401. The van der Waals surface area contributed by atoms with Gasteiger partial charge in [0.1, 0.15) is 5.82 Å². The van der Waals surface area contributed by atoms with Gasteiger partial charge >= 0.3 is 0 Å². The fourth-order valence-corrected chi connectivity index (χ4v) is 4.61. The number of nitrogens with zero attached hydrogens (tertiary/aromatic N) is 6. The van der Waals surface area contributed by atoms with Gasteiger partial charge in [0.2, 0.25) is 5.88 Å². The molecule has 168 valence electrons. The van der Waals surface area contributed by atoms with Crippen molar-refractivity contribution in [2.24, 2.45) is 0 Å². The maximum atomic E-state index is 7.36. The highest BCUT2D eigenvalue weighted by Crippen LogP contribution is 2.31. The molecule has 0 aliphatic carbocycles. The van der Waals surface area contributed by atoms with E-state index in [2.05, 4.69) is 19.8 Å². The second-order valence-corrected chi connectivity index (χ2v) is 8.41. The summed E-state index contributed by atoms with van der Waals surface area (Å²) in [6.45, 7) is 13.4. The lowest BCUT2D eigenvalue weighted by Gasteiger charge is -2.10. The van der Waals surface area contributed by atoms with Gasteiger partial charge in [-0.2, -0.15) is 4.98 Å². The number of hydrogen-bond donors (Lipinski definition) is 0. The molecule has 0 amide bonds. The summed E-state index contributed by atoms with van der Waals surface area (Å²) < 4.78 is 10.1. The third kappa shape index (κ3) is 3.33. The largest absolute Gasteiger partial charge is 0.480 e. The molecule has 7 nitrogen and oxygen atoms in total. The number of ether oxygens (including phenoxy) is 1. The van der Waals surface area contributed by atoms with Crippen molar-refractivity contribution in [2.75, 3.05) is 7.11 Å². The van der Waals surface area contributed by atoms with Crippen LogP contribution in [0.1, 0.15) is 23.9 Å². The minimum atomic E-state index is 0.541. The molecule has 0 atom stereocenters. The number of aromatic nitrogens is 5. The fraction of sp³-hybridized carbons (Fsp3) is 0.192. The van der Waals surface area contributed by atoms with Gasteiger partial charge in [0, 0.05) is 24.0 Å². The van der Waals surface area contributed by atoms with Crippen LogP contribution in [0.15, 0.2) is 48.7 Å². The highest BCUT2D eigenvalue weighted by atomic mass is 32.1. The molecular formula is C26H22N6OS. The molecular weight excluding hydrogens is 444 g/mol. The average Bonchev–Trinajstić information content (AvgIpc) is 3.15. The van der Waals surface area contributed by atoms with Gasteiger partial charge in [0.05, 0.1) is 30.1 Å². The molecule has 3 heterocycles. The van der Waals surface area contributed by atoms with Crippen molar-refractivity contribution in [3.63, 3.8) is 0 Å². The van der Waals surface area contributed by atoms with E-state index in [0.717, 1.165) is 56.8 Å². The Morgan fingerprint density at radius 3 is 2.47 bits per heavy atom. The van der Waals surface area contributed by atoms with Crippen molar-refractivity contribution in [2.45, 2.75) is 27.2 Å². The minimum Gasteiger partial charge on any atom is -0.480 e. The number of pyridine rings is 1. The summed E-state index contributed by atoms with van der Waals surface area (Å²) in [4.78, 5) is 17.5. The molecule has 0 bridgehead atoms. The number of imidazole rings is 1. The van der Waals surface area contributed by atoms with Crippen molar-refractivity contribution in [3.8, 4) is 17.3 Å². The molecule has 0 saturated heterocycles. The number of rotatable bonds is 4.